The minimum absolute atomic E-state index is 0.147. The maximum absolute atomic E-state index is 14.5. The Bertz CT molecular complexity index is 1550. The van der Waals surface area contributed by atoms with Crippen molar-refractivity contribution < 1.29 is 26.3 Å². The molecule has 2 N–H and O–H groups in total. The van der Waals surface area contributed by atoms with Crippen LogP contribution in [0.2, 0.25) is 0 Å². The van der Waals surface area contributed by atoms with E-state index in [9.17, 15) is 21.6 Å². The molecule has 0 radical (unpaired) electrons. The molecule has 1 unspecified atom stereocenters. The van der Waals surface area contributed by atoms with Gasteiger partial charge in [-0.1, -0.05) is 36.4 Å². The molecule has 5 rings (SSSR count). The summed E-state index contributed by atoms with van der Waals surface area (Å²) in [5, 5.41) is 1.52. The van der Waals surface area contributed by atoms with Crippen LogP contribution in [-0.4, -0.2) is 20.7 Å². The van der Waals surface area contributed by atoms with Gasteiger partial charge in [0.2, 0.25) is 0 Å². The van der Waals surface area contributed by atoms with Crippen LogP contribution in [0.5, 0.6) is 5.75 Å². The molecule has 0 aliphatic carbocycles. The highest BCUT2D eigenvalue weighted by atomic mass is 32.2. The van der Waals surface area contributed by atoms with E-state index in [1.54, 1.807) is 18.2 Å². The van der Waals surface area contributed by atoms with Crippen molar-refractivity contribution in [2.45, 2.75) is 23.5 Å². The quantitative estimate of drug-likeness (QED) is 0.400. The van der Waals surface area contributed by atoms with Gasteiger partial charge in [-0.25, -0.2) is 21.6 Å². The van der Waals surface area contributed by atoms with E-state index in [0.717, 1.165) is 34.2 Å². The van der Waals surface area contributed by atoms with E-state index < -0.39 is 39.4 Å². The van der Waals surface area contributed by atoms with Crippen LogP contribution in [0, 0.1) is 17.5 Å². The molecule has 0 spiro atoms. The van der Waals surface area contributed by atoms with Gasteiger partial charge < -0.3 is 10.5 Å². The van der Waals surface area contributed by atoms with Gasteiger partial charge in [0.05, 0.1) is 10.9 Å². The minimum atomic E-state index is -3.40. The van der Waals surface area contributed by atoms with Gasteiger partial charge >= 0.3 is 0 Å². The highest BCUT2D eigenvalue weighted by Gasteiger charge is 2.33. The van der Waals surface area contributed by atoms with Crippen molar-refractivity contribution in [2.75, 3.05) is 6.26 Å². The molecule has 4 aromatic carbocycles. The van der Waals surface area contributed by atoms with Crippen LogP contribution in [0.3, 0.4) is 0 Å². The number of ether oxygens (including phenoxy) is 1. The van der Waals surface area contributed by atoms with Crippen molar-refractivity contribution in [1.82, 2.24) is 0 Å². The van der Waals surface area contributed by atoms with Crippen LogP contribution in [0.1, 0.15) is 17.2 Å². The van der Waals surface area contributed by atoms with Gasteiger partial charge in [0, 0.05) is 23.3 Å². The van der Waals surface area contributed by atoms with Crippen molar-refractivity contribution in [3.05, 3.63) is 95.3 Å². The molecule has 0 bridgehead atoms. The first kappa shape index (κ1) is 22.4. The highest BCUT2D eigenvalue weighted by molar-refractivity contribution is 7.90. The normalized spacial score (nSPS) is 17.9. The third-order valence-corrected chi connectivity index (χ3v) is 7.19. The molecule has 0 saturated heterocycles. The summed E-state index contributed by atoms with van der Waals surface area (Å²) in [5.74, 6) is -2.91. The number of hydrogen-bond acceptors (Lipinski definition) is 4. The number of sulfone groups is 1. The fourth-order valence-corrected chi connectivity index (χ4v) is 5.12. The lowest BCUT2D eigenvalue weighted by Crippen LogP contribution is -2.38. The lowest BCUT2D eigenvalue weighted by molar-refractivity contribution is 0.151. The molecule has 0 aromatic heterocycles. The molecule has 2 atom stereocenters. The number of fused-ring (bicyclic) bond motifs is 3. The van der Waals surface area contributed by atoms with Crippen molar-refractivity contribution in [1.29, 1.82) is 0 Å². The molecule has 1 aliphatic rings. The van der Waals surface area contributed by atoms with E-state index in [4.69, 9.17) is 10.5 Å². The predicted molar refractivity (Wildman–Crippen MR) is 124 cm³/mol. The molecule has 8 heteroatoms. The van der Waals surface area contributed by atoms with Gasteiger partial charge in [-0.15, -0.1) is 0 Å². The van der Waals surface area contributed by atoms with E-state index in [0.29, 0.717) is 23.8 Å². The Kier molecular flexibility index (Phi) is 5.37. The van der Waals surface area contributed by atoms with Crippen molar-refractivity contribution in [3.63, 3.8) is 0 Å². The van der Waals surface area contributed by atoms with Gasteiger partial charge in [0.15, 0.2) is 21.5 Å². The summed E-state index contributed by atoms with van der Waals surface area (Å²) in [4.78, 5) is 0.202. The van der Waals surface area contributed by atoms with E-state index in [1.807, 2.05) is 36.4 Å². The maximum Gasteiger partial charge on any atom is 0.175 e. The summed E-state index contributed by atoms with van der Waals surface area (Å²) in [5.41, 5.74) is 8.43. The van der Waals surface area contributed by atoms with E-state index in [1.165, 1.54) is 0 Å². The van der Waals surface area contributed by atoms with Crippen molar-refractivity contribution in [2.24, 2.45) is 5.73 Å². The summed E-state index contributed by atoms with van der Waals surface area (Å²) in [6.07, 6.45) is 0.439. The van der Waals surface area contributed by atoms with Crippen LogP contribution < -0.4 is 10.5 Å². The Morgan fingerprint density at radius 3 is 2.32 bits per heavy atom. The van der Waals surface area contributed by atoms with Gasteiger partial charge in [-0.2, -0.15) is 0 Å². The standard InChI is InChI=1S/C26H20F3NO3S/c1-34(31,32)16-6-4-5-14(9-16)19-10-15-11-24(30)26(20-12-22(28)23(29)13-21(20)27)33-25(15)18-8-3-2-7-17(18)19/h2-10,12-13,24,26H,11,30H2,1H3/t24-,26?/m0/s1. The topological polar surface area (TPSA) is 69.4 Å². The lowest BCUT2D eigenvalue weighted by atomic mass is 9.88. The lowest BCUT2D eigenvalue weighted by Gasteiger charge is -2.33. The highest BCUT2D eigenvalue weighted by Crippen LogP contribution is 2.44. The third kappa shape index (κ3) is 3.82. The average Bonchev–Trinajstić information content (AvgIpc) is 2.80. The van der Waals surface area contributed by atoms with Crippen LogP contribution in [0.4, 0.5) is 13.2 Å². The minimum Gasteiger partial charge on any atom is -0.483 e. The summed E-state index contributed by atoms with van der Waals surface area (Å²) < 4.78 is 72.1. The first-order valence-corrected chi connectivity index (χ1v) is 12.4. The molecule has 0 amide bonds. The monoisotopic (exact) mass is 483 g/mol. The smallest absolute Gasteiger partial charge is 0.175 e. The second-order valence-corrected chi connectivity index (χ2v) is 10.5. The zero-order valence-corrected chi connectivity index (χ0v) is 18.9. The molecule has 0 fully saturated rings. The van der Waals surface area contributed by atoms with Gasteiger partial charge in [0.1, 0.15) is 17.7 Å². The third-order valence-electron chi connectivity index (χ3n) is 6.08. The Balaban J connectivity index is 1.67. The van der Waals surface area contributed by atoms with Gasteiger partial charge in [-0.05, 0) is 52.8 Å². The molecular weight excluding hydrogens is 463 g/mol. The number of benzene rings is 4. The van der Waals surface area contributed by atoms with E-state index in [-0.39, 0.29) is 10.5 Å². The van der Waals surface area contributed by atoms with Crippen LogP contribution in [-0.2, 0) is 16.3 Å². The summed E-state index contributed by atoms with van der Waals surface area (Å²) in [6, 6.07) is 16.5. The zero-order chi connectivity index (χ0) is 24.2. The van der Waals surface area contributed by atoms with Gasteiger partial charge in [-0.3, -0.25) is 0 Å². The predicted octanol–water partition coefficient (Wildman–Crippen LogP) is 5.33. The molecule has 4 aromatic rings. The summed E-state index contributed by atoms with van der Waals surface area (Å²) in [7, 11) is -3.40. The number of nitrogens with two attached hydrogens (primary N) is 1. The zero-order valence-electron chi connectivity index (χ0n) is 18.1. The Labute approximate surface area is 194 Å². The maximum atomic E-state index is 14.5. The number of rotatable bonds is 3. The van der Waals surface area contributed by atoms with Crippen LogP contribution in [0.25, 0.3) is 21.9 Å². The SMILES string of the molecule is CS(=O)(=O)c1cccc(-c2cc3c(c4ccccc24)OC(c2cc(F)c(F)cc2F)[C@@H](N)C3)c1. The Morgan fingerprint density at radius 2 is 1.59 bits per heavy atom. The Morgan fingerprint density at radius 1 is 0.882 bits per heavy atom. The van der Waals surface area contributed by atoms with E-state index >= 15 is 0 Å². The molecule has 34 heavy (non-hydrogen) atoms. The molecule has 1 aliphatic heterocycles. The molecule has 174 valence electrons. The second-order valence-electron chi connectivity index (χ2n) is 8.45. The first-order valence-electron chi connectivity index (χ1n) is 10.6. The summed E-state index contributed by atoms with van der Waals surface area (Å²) >= 11 is 0. The van der Waals surface area contributed by atoms with Crippen molar-refractivity contribution >= 4 is 20.6 Å². The second kappa shape index (κ2) is 8.14. The first-order chi connectivity index (χ1) is 16.1. The molecule has 1 heterocycles. The fourth-order valence-electron chi connectivity index (χ4n) is 4.46. The van der Waals surface area contributed by atoms with Gasteiger partial charge in [0.25, 0.3) is 0 Å². The van der Waals surface area contributed by atoms with E-state index in [2.05, 4.69) is 0 Å². The largest absolute Gasteiger partial charge is 0.483 e. The average molecular weight is 484 g/mol. The summed E-state index contributed by atoms with van der Waals surface area (Å²) in [6.45, 7) is 0. The van der Waals surface area contributed by atoms with Crippen LogP contribution >= 0.6 is 0 Å². The number of hydrogen-bond donors (Lipinski definition) is 1. The molecule has 0 saturated carbocycles. The molecular formula is C26H20F3NO3S. The van der Waals surface area contributed by atoms with Crippen LogP contribution in [0.15, 0.2) is 71.6 Å². The van der Waals surface area contributed by atoms with Crippen molar-refractivity contribution in [3.8, 4) is 16.9 Å². The Hall–Kier alpha value is -3.36. The molecule has 4 nitrogen and oxygen atoms in total. The number of halogens is 3. The fraction of sp³-hybridized carbons (Fsp3) is 0.154.